The van der Waals surface area contributed by atoms with E-state index in [9.17, 15) is 0 Å². The molecule has 2 N–H and O–H groups in total. The van der Waals surface area contributed by atoms with Crippen LogP contribution in [0.3, 0.4) is 0 Å². The zero-order valence-electron chi connectivity index (χ0n) is 8.03. The highest BCUT2D eigenvalue weighted by Gasteiger charge is 1.96. The summed E-state index contributed by atoms with van der Waals surface area (Å²) in [6, 6.07) is 7.48. The quantitative estimate of drug-likeness (QED) is 0.740. The summed E-state index contributed by atoms with van der Waals surface area (Å²) in [7, 11) is 1.60. The van der Waals surface area contributed by atoms with Gasteiger partial charge in [-0.3, -0.25) is 0 Å². The Labute approximate surface area is 83.4 Å². The van der Waals surface area contributed by atoms with Crippen molar-refractivity contribution in [2.75, 3.05) is 12.8 Å². The fourth-order valence-electron chi connectivity index (χ4n) is 1.07. The lowest BCUT2D eigenvalue weighted by molar-refractivity contribution is 0.415. The van der Waals surface area contributed by atoms with Gasteiger partial charge in [0.2, 0.25) is 0 Å². The van der Waals surface area contributed by atoms with Gasteiger partial charge in [0, 0.05) is 11.8 Å². The van der Waals surface area contributed by atoms with Crippen LogP contribution in [-0.2, 0) is 0 Å². The molecule has 0 saturated carbocycles. The smallest absolute Gasteiger partial charge is 0.120 e. The van der Waals surface area contributed by atoms with Crippen LogP contribution in [0.2, 0.25) is 0 Å². The largest absolute Gasteiger partial charge is 0.497 e. The fourth-order valence-corrected chi connectivity index (χ4v) is 1.07. The maximum Gasteiger partial charge on any atom is 0.120 e. The lowest BCUT2D eigenvalue weighted by atomic mass is 10.1. The number of nitrogens with zero attached hydrogens (tertiary/aromatic N) is 1. The number of benzene rings is 1. The topological polar surface area (TPSA) is 59.0 Å². The number of hydrogen-bond donors (Lipinski definition) is 1. The molecule has 1 aromatic carbocycles. The number of anilines is 1. The SMILES string of the molecule is COc1ccc(C=CCC#N)c(N)c1. The minimum Gasteiger partial charge on any atom is -0.497 e. The number of rotatable bonds is 3. The predicted molar refractivity (Wildman–Crippen MR) is 56.7 cm³/mol. The molecule has 3 nitrogen and oxygen atoms in total. The fraction of sp³-hybridized carbons (Fsp3) is 0.182. The van der Waals surface area contributed by atoms with Crippen molar-refractivity contribution < 1.29 is 4.74 Å². The Morgan fingerprint density at radius 2 is 2.36 bits per heavy atom. The molecule has 0 aliphatic carbocycles. The molecule has 0 aromatic heterocycles. The van der Waals surface area contributed by atoms with Gasteiger partial charge < -0.3 is 10.5 Å². The Morgan fingerprint density at radius 3 is 2.93 bits per heavy atom. The van der Waals surface area contributed by atoms with Crippen LogP contribution in [0.1, 0.15) is 12.0 Å². The van der Waals surface area contributed by atoms with E-state index in [1.165, 1.54) is 0 Å². The predicted octanol–water partition coefficient (Wildman–Crippen LogP) is 2.20. The summed E-state index contributed by atoms with van der Waals surface area (Å²) in [5.41, 5.74) is 7.32. The second-order valence-corrected chi connectivity index (χ2v) is 2.76. The Hall–Kier alpha value is -1.95. The van der Waals surface area contributed by atoms with Crippen molar-refractivity contribution in [3.8, 4) is 11.8 Å². The van der Waals surface area contributed by atoms with Gasteiger partial charge in [-0.2, -0.15) is 5.26 Å². The molecule has 0 aliphatic rings. The maximum atomic E-state index is 8.34. The summed E-state index contributed by atoms with van der Waals surface area (Å²) >= 11 is 0. The zero-order valence-corrected chi connectivity index (χ0v) is 8.03. The second-order valence-electron chi connectivity index (χ2n) is 2.76. The summed E-state index contributed by atoms with van der Waals surface area (Å²) in [6.07, 6.45) is 4.00. The molecule has 0 spiro atoms. The third-order valence-electron chi connectivity index (χ3n) is 1.80. The van der Waals surface area contributed by atoms with Crippen LogP contribution in [-0.4, -0.2) is 7.11 Å². The van der Waals surface area contributed by atoms with E-state index in [0.717, 1.165) is 11.3 Å². The molecule has 0 saturated heterocycles. The molecule has 0 unspecified atom stereocenters. The molecule has 0 atom stereocenters. The third-order valence-corrected chi connectivity index (χ3v) is 1.80. The first-order valence-electron chi connectivity index (χ1n) is 4.25. The van der Waals surface area contributed by atoms with Gasteiger partial charge in [0.25, 0.3) is 0 Å². The van der Waals surface area contributed by atoms with Crippen LogP contribution in [0, 0.1) is 11.3 Å². The molecule has 1 rings (SSSR count). The molecule has 72 valence electrons. The highest BCUT2D eigenvalue weighted by atomic mass is 16.5. The molecule has 0 fully saturated rings. The van der Waals surface area contributed by atoms with E-state index < -0.39 is 0 Å². The van der Waals surface area contributed by atoms with Crippen LogP contribution >= 0.6 is 0 Å². The molecule has 0 heterocycles. The minimum absolute atomic E-state index is 0.394. The number of methoxy groups -OCH3 is 1. The third kappa shape index (κ3) is 2.53. The van der Waals surface area contributed by atoms with E-state index in [4.69, 9.17) is 15.7 Å². The van der Waals surface area contributed by atoms with E-state index in [-0.39, 0.29) is 0 Å². The number of ether oxygens (including phenoxy) is 1. The molecule has 14 heavy (non-hydrogen) atoms. The number of hydrogen-bond acceptors (Lipinski definition) is 3. The van der Waals surface area contributed by atoms with Crippen molar-refractivity contribution in [3.63, 3.8) is 0 Å². The Balaban J connectivity index is 2.85. The van der Waals surface area contributed by atoms with Crippen LogP contribution in [0.4, 0.5) is 5.69 Å². The van der Waals surface area contributed by atoms with Gasteiger partial charge in [-0.1, -0.05) is 12.2 Å². The lowest BCUT2D eigenvalue weighted by Crippen LogP contribution is -1.91. The first-order chi connectivity index (χ1) is 6.77. The van der Waals surface area contributed by atoms with Crippen molar-refractivity contribution in [2.24, 2.45) is 0 Å². The molecule has 0 aliphatic heterocycles. The van der Waals surface area contributed by atoms with Crippen LogP contribution in [0.25, 0.3) is 6.08 Å². The van der Waals surface area contributed by atoms with Crippen molar-refractivity contribution in [1.82, 2.24) is 0 Å². The van der Waals surface area contributed by atoms with Crippen LogP contribution in [0.5, 0.6) is 5.75 Å². The Kier molecular flexibility index (Phi) is 3.57. The van der Waals surface area contributed by atoms with Gasteiger partial charge in [0.15, 0.2) is 0 Å². The number of nitriles is 1. The first-order valence-corrected chi connectivity index (χ1v) is 4.25. The van der Waals surface area contributed by atoms with Crippen LogP contribution < -0.4 is 10.5 Å². The molecule has 0 radical (unpaired) electrons. The first kappa shape index (κ1) is 10.1. The standard InChI is InChI=1S/C11H12N2O/c1-14-10-6-5-9(11(13)8-10)4-2-3-7-12/h2,4-6,8H,3,13H2,1H3. The molecule has 0 bridgehead atoms. The molecular formula is C11H12N2O. The highest BCUT2D eigenvalue weighted by Crippen LogP contribution is 2.20. The van der Waals surface area contributed by atoms with Crippen molar-refractivity contribution >= 4 is 11.8 Å². The lowest BCUT2D eigenvalue weighted by Gasteiger charge is -2.03. The summed E-state index contributed by atoms with van der Waals surface area (Å²) in [5, 5.41) is 8.34. The van der Waals surface area contributed by atoms with Gasteiger partial charge in [-0.05, 0) is 17.7 Å². The van der Waals surface area contributed by atoms with Gasteiger partial charge in [-0.15, -0.1) is 0 Å². The van der Waals surface area contributed by atoms with Crippen molar-refractivity contribution in [1.29, 1.82) is 5.26 Å². The van der Waals surface area contributed by atoms with Crippen LogP contribution in [0.15, 0.2) is 24.3 Å². The van der Waals surface area contributed by atoms with Gasteiger partial charge >= 0.3 is 0 Å². The highest BCUT2D eigenvalue weighted by molar-refractivity contribution is 5.66. The van der Waals surface area contributed by atoms with Crippen molar-refractivity contribution in [2.45, 2.75) is 6.42 Å². The average molecular weight is 188 g/mol. The second kappa shape index (κ2) is 4.93. The zero-order chi connectivity index (χ0) is 10.4. The summed E-state index contributed by atoms with van der Waals surface area (Å²) in [6.45, 7) is 0. The average Bonchev–Trinajstić information content (AvgIpc) is 2.20. The summed E-state index contributed by atoms with van der Waals surface area (Å²) < 4.78 is 5.02. The van der Waals surface area contributed by atoms with E-state index in [0.29, 0.717) is 12.1 Å². The monoisotopic (exact) mass is 188 g/mol. The van der Waals surface area contributed by atoms with E-state index >= 15 is 0 Å². The molecule has 1 aromatic rings. The van der Waals surface area contributed by atoms with Gasteiger partial charge in [-0.25, -0.2) is 0 Å². The number of allylic oxidation sites excluding steroid dienone is 1. The molecule has 0 amide bonds. The Bertz CT molecular complexity index is 377. The molecule has 3 heteroatoms. The van der Waals surface area contributed by atoms with E-state index in [1.54, 1.807) is 19.3 Å². The number of nitrogen functional groups attached to an aromatic ring is 1. The van der Waals surface area contributed by atoms with E-state index in [2.05, 4.69) is 0 Å². The maximum absolute atomic E-state index is 8.34. The van der Waals surface area contributed by atoms with Crippen molar-refractivity contribution in [3.05, 3.63) is 29.8 Å². The summed E-state index contributed by atoms with van der Waals surface area (Å²) in [5.74, 6) is 0.736. The normalized spacial score (nSPS) is 10.0. The van der Waals surface area contributed by atoms with E-state index in [1.807, 2.05) is 24.3 Å². The number of nitrogens with two attached hydrogens (primary N) is 1. The van der Waals surface area contributed by atoms with Gasteiger partial charge in [0.05, 0.1) is 19.6 Å². The molecular weight excluding hydrogens is 176 g/mol. The Morgan fingerprint density at radius 1 is 1.57 bits per heavy atom. The van der Waals surface area contributed by atoms with Gasteiger partial charge in [0.1, 0.15) is 5.75 Å². The minimum atomic E-state index is 0.394. The summed E-state index contributed by atoms with van der Waals surface area (Å²) in [4.78, 5) is 0.